The van der Waals surface area contributed by atoms with Crippen LogP contribution in [0.25, 0.3) is 0 Å². The van der Waals surface area contributed by atoms with Gasteiger partial charge in [0, 0.05) is 12.5 Å². The van der Waals surface area contributed by atoms with Crippen molar-refractivity contribution in [1.29, 1.82) is 0 Å². The fourth-order valence-electron chi connectivity index (χ4n) is 1.12. The van der Waals surface area contributed by atoms with E-state index in [1.165, 1.54) is 0 Å². The average molecular weight is 174 g/mol. The second kappa shape index (κ2) is 6.44. The second-order valence-electron chi connectivity index (χ2n) is 3.81. The van der Waals surface area contributed by atoms with Gasteiger partial charge < -0.3 is 9.84 Å². The van der Waals surface area contributed by atoms with Crippen LogP contribution in [0.3, 0.4) is 0 Å². The summed E-state index contributed by atoms with van der Waals surface area (Å²) in [6.07, 6.45) is 1.40. The molecule has 0 aromatic heterocycles. The maximum atomic E-state index is 8.78. The molecule has 0 saturated carbocycles. The lowest BCUT2D eigenvalue weighted by molar-refractivity contribution is -0.00647. The molecular formula is C10H22O2. The van der Waals surface area contributed by atoms with Crippen molar-refractivity contribution in [3.05, 3.63) is 0 Å². The Morgan fingerprint density at radius 3 is 2.17 bits per heavy atom. The van der Waals surface area contributed by atoms with Gasteiger partial charge in [0.05, 0.1) is 12.7 Å². The van der Waals surface area contributed by atoms with E-state index in [2.05, 4.69) is 20.8 Å². The number of hydrogen-bond acceptors (Lipinski definition) is 2. The molecule has 0 fully saturated rings. The minimum absolute atomic E-state index is 0.217. The van der Waals surface area contributed by atoms with Crippen LogP contribution < -0.4 is 0 Å². The Bertz CT molecular complexity index is 102. The Morgan fingerprint density at radius 1 is 1.25 bits per heavy atom. The van der Waals surface area contributed by atoms with Crippen LogP contribution in [0.15, 0.2) is 0 Å². The van der Waals surface area contributed by atoms with Gasteiger partial charge in [0.25, 0.3) is 0 Å². The van der Waals surface area contributed by atoms with Crippen LogP contribution in [-0.4, -0.2) is 24.4 Å². The summed E-state index contributed by atoms with van der Waals surface area (Å²) >= 11 is 0. The van der Waals surface area contributed by atoms with E-state index < -0.39 is 0 Å². The van der Waals surface area contributed by atoms with E-state index in [1.54, 1.807) is 0 Å². The third kappa shape index (κ3) is 4.73. The van der Waals surface area contributed by atoms with Crippen LogP contribution in [0.4, 0.5) is 0 Å². The highest BCUT2D eigenvalue weighted by Crippen LogP contribution is 2.11. The topological polar surface area (TPSA) is 29.5 Å². The number of ether oxygens (including phenoxy) is 1. The fourth-order valence-corrected chi connectivity index (χ4v) is 1.12. The quantitative estimate of drug-likeness (QED) is 0.668. The fraction of sp³-hybridized carbons (Fsp3) is 1.00. The first-order valence-electron chi connectivity index (χ1n) is 4.84. The Labute approximate surface area is 75.9 Å². The zero-order chi connectivity index (χ0) is 9.56. The molecule has 0 radical (unpaired) electrons. The van der Waals surface area contributed by atoms with Gasteiger partial charge in [-0.15, -0.1) is 0 Å². The molecule has 1 N–H and O–H groups in total. The van der Waals surface area contributed by atoms with Gasteiger partial charge in [-0.05, 0) is 12.3 Å². The highest BCUT2D eigenvalue weighted by Gasteiger charge is 2.12. The first-order chi connectivity index (χ1) is 5.61. The Kier molecular flexibility index (Phi) is 6.39. The standard InChI is InChI=1S/C10H22O2/c1-5-10(8(2)3)12-7-9(4)6-11/h8-11H,5-7H2,1-4H3. The molecule has 2 heteroatoms. The van der Waals surface area contributed by atoms with Crippen LogP contribution in [0.1, 0.15) is 34.1 Å². The van der Waals surface area contributed by atoms with Crippen molar-refractivity contribution in [2.24, 2.45) is 11.8 Å². The molecule has 0 rings (SSSR count). The average Bonchev–Trinajstić information content (AvgIpc) is 2.04. The van der Waals surface area contributed by atoms with Crippen molar-refractivity contribution in [3.8, 4) is 0 Å². The first-order valence-corrected chi connectivity index (χ1v) is 4.84. The molecule has 2 atom stereocenters. The van der Waals surface area contributed by atoms with Gasteiger partial charge in [0.15, 0.2) is 0 Å². The van der Waals surface area contributed by atoms with Crippen LogP contribution >= 0.6 is 0 Å². The van der Waals surface area contributed by atoms with Gasteiger partial charge in [-0.2, -0.15) is 0 Å². The summed E-state index contributed by atoms with van der Waals surface area (Å²) in [6.45, 7) is 9.35. The summed E-state index contributed by atoms with van der Waals surface area (Å²) in [5.74, 6) is 0.832. The molecule has 2 nitrogen and oxygen atoms in total. The largest absolute Gasteiger partial charge is 0.396 e. The lowest BCUT2D eigenvalue weighted by Crippen LogP contribution is -2.22. The molecule has 2 unspecified atom stereocenters. The highest BCUT2D eigenvalue weighted by atomic mass is 16.5. The van der Waals surface area contributed by atoms with E-state index in [9.17, 15) is 0 Å². The van der Waals surface area contributed by atoms with Crippen molar-refractivity contribution in [2.75, 3.05) is 13.2 Å². The summed E-state index contributed by atoms with van der Waals surface area (Å²) in [5.41, 5.74) is 0. The molecule has 74 valence electrons. The van der Waals surface area contributed by atoms with Gasteiger partial charge in [-0.1, -0.05) is 27.7 Å². The molecular weight excluding hydrogens is 152 g/mol. The molecule has 0 saturated heterocycles. The van der Waals surface area contributed by atoms with Gasteiger partial charge >= 0.3 is 0 Å². The Balaban J connectivity index is 3.58. The maximum absolute atomic E-state index is 8.78. The minimum atomic E-state index is 0.217. The lowest BCUT2D eigenvalue weighted by Gasteiger charge is -2.21. The number of aliphatic hydroxyl groups is 1. The molecule has 0 aliphatic heterocycles. The summed E-state index contributed by atoms with van der Waals surface area (Å²) in [7, 11) is 0. The van der Waals surface area contributed by atoms with Crippen molar-refractivity contribution < 1.29 is 9.84 Å². The first kappa shape index (κ1) is 11.9. The zero-order valence-corrected chi connectivity index (χ0v) is 8.71. The van der Waals surface area contributed by atoms with E-state index in [0.29, 0.717) is 18.6 Å². The number of hydrogen-bond donors (Lipinski definition) is 1. The highest BCUT2D eigenvalue weighted by molar-refractivity contribution is 4.60. The number of aliphatic hydroxyl groups excluding tert-OH is 1. The van der Waals surface area contributed by atoms with Crippen molar-refractivity contribution in [3.63, 3.8) is 0 Å². The second-order valence-corrected chi connectivity index (χ2v) is 3.81. The van der Waals surface area contributed by atoms with Gasteiger partial charge in [0.2, 0.25) is 0 Å². The predicted octanol–water partition coefficient (Wildman–Crippen LogP) is 2.07. The molecule has 0 aliphatic carbocycles. The summed E-state index contributed by atoms with van der Waals surface area (Å²) in [5, 5.41) is 8.78. The van der Waals surface area contributed by atoms with Crippen molar-refractivity contribution >= 4 is 0 Å². The SMILES string of the molecule is CCC(OCC(C)CO)C(C)C. The smallest absolute Gasteiger partial charge is 0.0595 e. The molecule has 12 heavy (non-hydrogen) atoms. The Morgan fingerprint density at radius 2 is 1.83 bits per heavy atom. The molecule has 0 amide bonds. The number of rotatable bonds is 6. The summed E-state index contributed by atoms with van der Waals surface area (Å²) in [6, 6.07) is 0. The van der Waals surface area contributed by atoms with E-state index in [0.717, 1.165) is 6.42 Å². The van der Waals surface area contributed by atoms with E-state index in [-0.39, 0.29) is 12.5 Å². The third-order valence-electron chi connectivity index (χ3n) is 2.05. The molecule has 0 aliphatic rings. The summed E-state index contributed by atoms with van der Waals surface area (Å²) in [4.78, 5) is 0. The van der Waals surface area contributed by atoms with Crippen LogP contribution in [0.5, 0.6) is 0 Å². The van der Waals surface area contributed by atoms with Crippen LogP contribution in [0.2, 0.25) is 0 Å². The van der Waals surface area contributed by atoms with Crippen LogP contribution in [-0.2, 0) is 4.74 Å². The predicted molar refractivity (Wildman–Crippen MR) is 51.1 cm³/mol. The van der Waals surface area contributed by atoms with E-state index in [1.807, 2.05) is 6.92 Å². The van der Waals surface area contributed by atoms with Crippen LogP contribution in [0, 0.1) is 11.8 Å². The monoisotopic (exact) mass is 174 g/mol. The van der Waals surface area contributed by atoms with Gasteiger partial charge in [-0.3, -0.25) is 0 Å². The maximum Gasteiger partial charge on any atom is 0.0595 e. The van der Waals surface area contributed by atoms with E-state index in [4.69, 9.17) is 9.84 Å². The van der Waals surface area contributed by atoms with Gasteiger partial charge in [-0.25, -0.2) is 0 Å². The summed E-state index contributed by atoms with van der Waals surface area (Å²) < 4.78 is 5.65. The molecule has 0 bridgehead atoms. The lowest BCUT2D eigenvalue weighted by atomic mass is 10.1. The molecule has 0 aromatic carbocycles. The third-order valence-corrected chi connectivity index (χ3v) is 2.05. The van der Waals surface area contributed by atoms with Crippen molar-refractivity contribution in [1.82, 2.24) is 0 Å². The molecule has 0 spiro atoms. The molecule has 0 heterocycles. The minimum Gasteiger partial charge on any atom is -0.396 e. The van der Waals surface area contributed by atoms with E-state index >= 15 is 0 Å². The molecule has 0 aromatic rings. The van der Waals surface area contributed by atoms with Crippen molar-refractivity contribution in [2.45, 2.75) is 40.2 Å². The zero-order valence-electron chi connectivity index (χ0n) is 8.71. The Hall–Kier alpha value is -0.0800. The van der Waals surface area contributed by atoms with Gasteiger partial charge in [0.1, 0.15) is 0 Å². The normalized spacial score (nSPS) is 16.5.